The predicted molar refractivity (Wildman–Crippen MR) is 68.7 cm³/mol. The van der Waals surface area contributed by atoms with Gasteiger partial charge in [0.15, 0.2) is 0 Å². The summed E-state index contributed by atoms with van der Waals surface area (Å²) in [4.78, 5) is 0. The molecule has 17 heavy (non-hydrogen) atoms. The van der Waals surface area contributed by atoms with Gasteiger partial charge in [0.05, 0.1) is 6.04 Å². The first kappa shape index (κ1) is 12.6. The maximum atomic E-state index is 6.20. The van der Waals surface area contributed by atoms with E-state index in [-0.39, 0.29) is 6.04 Å². The lowest BCUT2D eigenvalue weighted by Crippen LogP contribution is -2.22. The summed E-state index contributed by atoms with van der Waals surface area (Å²) in [6, 6.07) is 0.625. The summed E-state index contributed by atoms with van der Waals surface area (Å²) in [5, 5.41) is 8.53. The molecule has 1 atom stereocenters. The zero-order valence-electron chi connectivity index (χ0n) is 11.0. The van der Waals surface area contributed by atoms with Crippen LogP contribution < -0.4 is 5.73 Å². The average molecular weight is 236 g/mol. The average Bonchev–Trinajstić information content (AvgIpc) is 2.73. The molecule has 1 aliphatic carbocycles. The molecule has 1 aromatic heterocycles. The molecule has 0 aromatic carbocycles. The van der Waals surface area contributed by atoms with Gasteiger partial charge in [0.25, 0.3) is 0 Å². The number of nitrogens with zero attached hydrogens (tertiary/aromatic N) is 3. The predicted octanol–water partition coefficient (Wildman–Crippen LogP) is 2.89. The monoisotopic (exact) mass is 236 g/mol. The minimum atomic E-state index is 0.0446. The molecule has 0 unspecified atom stereocenters. The topological polar surface area (TPSA) is 56.7 Å². The molecule has 96 valence electrons. The molecular weight excluding hydrogens is 212 g/mol. The maximum Gasteiger partial charge on any atom is 0.150 e. The number of hydrogen-bond donors (Lipinski definition) is 1. The van der Waals surface area contributed by atoms with Gasteiger partial charge in [0.2, 0.25) is 0 Å². The van der Waals surface area contributed by atoms with Gasteiger partial charge in [-0.05, 0) is 26.2 Å². The van der Waals surface area contributed by atoms with Crippen molar-refractivity contribution in [1.29, 1.82) is 0 Å². The lowest BCUT2D eigenvalue weighted by atomic mass is 9.95. The summed E-state index contributed by atoms with van der Waals surface area (Å²) >= 11 is 0. The highest BCUT2D eigenvalue weighted by Crippen LogP contribution is 2.31. The molecule has 2 N–H and O–H groups in total. The van der Waals surface area contributed by atoms with E-state index in [0.717, 1.165) is 24.5 Å². The van der Waals surface area contributed by atoms with Crippen LogP contribution in [0.15, 0.2) is 0 Å². The summed E-state index contributed by atoms with van der Waals surface area (Å²) in [5.41, 5.74) is 6.20. The summed E-state index contributed by atoms with van der Waals surface area (Å²) in [5.74, 6) is 2.02. The van der Waals surface area contributed by atoms with Crippen LogP contribution in [0.4, 0.5) is 0 Å². The van der Waals surface area contributed by atoms with Crippen LogP contribution in [0.1, 0.15) is 75.6 Å². The third kappa shape index (κ3) is 2.68. The lowest BCUT2D eigenvalue weighted by molar-refractivity contribution is 0.334. The van der Waals surface area contributed by atoms with Crippen LogP contribution in [-0.2, 0) is 0 Å². The van der Waals surface area contributed by atoms with Gasteiger partial charge in [-0.25, -0.2) is 0 Å². The van der Waals surface area contributed by atoms with Gasteiger partial charge in [-0.15, -0.1) is 10.2 Å². The van der Waals surface area contributed by atoms with E-state index in [9.17, 15) is 0 Å². The van der Waals surface area contributed by atoms with E-state index in [1.54, 1.807) is 0 Å². The van der Waals surface area contributed by atoms with Crippen molar-refractivity contribution in [3.05, 3.63) is 11.6 Å². The summed E-state index contributed by atoms with van der Waals surface area (Å²) in [6.07, 6.45) is 8.61. The summed E-state index contributed by atoms with van der Waals surface area (Å²) in [7, 11) is 0. The zero-order valence-corrected chi connectivity index (χ0v) is 11.0. The second kappa shape index (κ2) is 5.63. The Morgan fingerprint density at radius 3 is 2.65 bits per heavy atom. The van der Waals surface area contributed by atoms with Crippen LogP contribution in [-0.4, -0.2) is 14.8 Å². The Hall–Kier alpha value is -0.900. The molecule has 1 fully saturated rings. The van der Waals surface area contributed by atoms with Crippen molar-refractivity contribution in [1.82, 2.24) is 14.8 Å². The lowest BCUT2D eigenvalue weighted by Gasteiger charge is -2.26. The maximum absolute atomic E-state index is 6.20. The van der Waals surface area contributed by atoms with Crippen LogP contribution >= 0.6 is 0 Å². The van der Waals surface area contributed by atoms with Crippen LogP contribution in [0.5, 0.6) is 0 Å². The number of nitrogens with two attached hydrogens (primary N) is 1. The van der Waals surface area contributed by atoms with Crippen molar-refractivity contribution >= 4 is 0 Å². The minimum absolute atomic E-state index is 0.0446. The van der Waals surface area contributed by atoms with E-state index < -0.39 is 0 Å². The third-order valence-corrected chi connectivity index (χ3v) is 3.76. The highest BCUT2D eigenvalue weighted by molar-refractivity contribution is 5.02. The van der Waals surface area contributed by atoms with Crippen LogP contribution in [0, 0.1) is 6.92 Å². The minimum Gasteiger partial charge on any atom is -0.321 e. The Morgan fingerprint density at radius 2 is 2.00 bits per heavy atom. The quantitative estimate of drug-likeness (QED) is 0.874. The summed E-state index contributed by atoms with van der Waals surface area (Å²) in [6.45, 7) is 4.21. The molecule has 1 heterocycles. The van der Waals surface area contributed by atoms with Gasteiger partial charge in [0.1, 0.15) is 11.6 Å². The first-order chi connectivity index (χ1) is 8.24. The molecule has 4 heteroatoms. The van der Waals surface area contributed by atoms with Crippen LogP contribution in [0.25, 0.3) is 0 Å². The molecule has 1 aliphatic rings. The Morgan fingerprint density at radius 1 is 1.29 bits per heavy atom. The van der Waals surface area contributed by atoms with Crippen molar-refractivity contribution in [2.24, 2.45) is 5.73 Å². The fraction of sp³-hybridized carbons (Fsp3) is 0.846. The van der Waals surface area contributed by atoms with Gasteiger partial charge in [-0.1, -0.05) is 32.6 Å². The van der Waals surface area contributed by atoms with Gasteiger partial charge < -0.3 is 10.3 Å². The number of rotatable bonds is 4. The largest absolute Gasteiger partial charge is 0.321 e. The first-order valence-corrected chi connectivity index (χ1v) is 6.91. The smallest absolute Gasteiger partial charge is 0.150 e. The Bertz CT molecular complexity index is 352. The molecule has 1 aromatic rings. The Labute approximate surface area is 104 Å². The number of aromatic nitrogens is 3. The molecule has 0 bridgehead atoms. The number of aryl methyl sites for hydroxylation is 1. The fourth-order valence-corrected chi connectivity index (χ4v) is 2.87. The third-order valence-electron chi connectivity index (χ3n) is 3.76. The standard InChI is InChI=1S/C13H24N4/c1-3-7-12(14)13-16-15-10(2)17(13)11-8-5-4-6-9-11/h11-12H,3-9,14H2,1-2H3/t12-/m0/s1. The zero-order chi connectivity index (χ0) is 12.3. The van der Waals surface area contributed by atoms with Gasteiger partial charge in [-0.3, -0.25) is 0 Å². The first-order valence-electron chi connectivity index (χ1n) is 6.91. The van der Waals surface area contributed by atoms with Crippen molar-refractivity contribution in [2.75, 3.05) is 0 Å². The van der Waals surface area contributed by atoms with E-state index in [0.29, 0.717) is 6.04 Å². The van der Waals surface area contributed by atoms with E-state index >= 15 is 0 Å². The Kier molecular flexibility index (Phi) is 4.15. The normalized spacial score (nSPS) is 19.5. The molecule has 1 saturated carbocycles. The number of hydrogen-bond acceptors (Lipinski definition) is 3. The van der Waals surface area contributed by atoms with Gasteiger partial charge in [0, 0.05) is 6.04 Å². The van der Waals surface area contributed by atoms with Gasteiger partial charge >= 0.3 is 0 Å². The highest BCUT2D eigenvalue weighted by Gasteiger charge is 2.23. The van der Waals surface area contributed by atoms with Crippen molar-refractivity contribution < 1.29 is 0 Å². The molecule has 0 spiro atoms. The fourth-order valence-electron chi connectivity index (χ4n) is 2.87. The van der Waals surface area contributed by atoms with Crippen molar-refractivity contribution in [3.63, 3.8) is 0 Å². The molecule has 0 saturated heterocycles. The van der Waals surface area contributed by atoms with E-state index in [1.165, 1.54) is 32.1 Å². The Balaban J connectivity index is 2.21. The van der Waals surface area contributed by atoms with Gasteiger partial charge in [-0.2, -0.15) is 0 Å². The second-order valence-electron chi connectivity index (χ2n) is 5.16. The molecule has 0 amide bonds. The SMILES string of the molecule is CCC[C@H](N)c1nnc(C)n1C1CCCCC1. The van der Waals surface area contributed by atoms with E-state index in [1.807, 2.05) is 6.92 Å². The van der Waals surface area contributed by atoms with E-state index in [2.05, 4.69) is 21.7 Å². The van der Waals surface area contributed by atoms with E-state index in [4.69, 9.17) is 5.73 Å². The molecule has 2 rings (SSSR count). The molecule has 4 nitrogen and oxygen atoms in total. The van der Waals surface area contributed by atoms with Crippen molar-refractivity contribution in [3.8, 4) is 0 Å². The van der Waals surface area contributed by atoms with Crippen LogP contribution in [0.2, 0.25) is 0 Å². The second-order valence-corrected chi connectivity index (χ2v) is 5.16. The van der Waals surface area contributed by atoms with Crippen molar-refractivity contribution in [2.45, 2.75) is 70.9 Å². The summed E-state index contributed by atoms with van der Waals surface area (Å²) < 4.78 is 2.31. The van der Waals surface area contributed by atoms with Crippen LogP contribution in [0.3, 0.4) is 0 Å². The molecular formula is C13H24N4. The highest BCUT2D eigenvalue weighted by atomic mass is 15.3. The molecule has 0 aliphatic heterocycles. The molecule has 0 radical (unpaired) electrons.